The fraction of sp³-hybridized carbons (Fsp3) is 0.533. The van der Waals surface area contributed by atoms with Crippen LogP contribution in [-0.2, 0) is 12.8 Å². The molecule has 98 valence electrons. The molecule has 0 amide bonds. The summed E-state index contributed by atoms with van der Waals surface area (Å²) in [4.78, 5) is 0.500. The fourth-order valence-corrected chi connectivity index (χ4v) is 2.19. The van der Waals surface area contributed by atoms with Gasteiger partial charge >= 0.3 is 0 Å². The molecule has 0 atom stereocenters. The second-order valence-electron chi connectivity index (χ2n) is 5.67. The fourth-order valence-electron chi connectivity index (χ4n) is 2.13. The van der Waals surface area contributed by atoms with Gasteiger partial charge in [0.15, 0.2) is 0 Å². The Labute approximate surface area is 115 Å². The van der Waals surface area contributed by atoms with Crippen LogP contribution in [0.15, 0.2) is 18.2 Å². The molecule has 1 aliphatic carbocycles. The highest BCUT2D eigenvalue weighted by molar-refractivity contribution is 7.80. The largest absolute Gasteiger partial charge is 0.493 e. The Kier molecular flexibility index (Phi) is 3.91. The number of thiocarbonyl (C=S) groups is 1. The lowest BCUT2D eigenvalue weighted by Gasteiger charge is -2.24. The van der Waals surface area contributed by atoms with Gasteiger partial charge in [-0.05, 0) is 48.9 Å². The lowest BCUT2D eigenvalue weighted by atomic mass is 9.91. The van der Waals surface area contributed by atoms with Crippen molar-refractivity contribution in [3.8, 4) is 5.75 Å². The molecular formula is C15H21NOS. The second kappa shape index (κ2) is 5.27. The van der Waals surface area contributed by atoms with Crippen LogP contribution < -0.4 is 10.5 Å². The maximum atomic E-state index is 5.83. The average molecular weight is 263 g/mol. The summed E-state index contributed by atoms with van der Waals surface area (Å²) >= 11 is 5.04. The topological polar surface area (TPSA) is 35.2 Å². The molecule has 0 heterocycles. The normalized spacial score (nSPS) is 15.0. The number of fused-ring (bicyclic) bond motifs is 1. The van der Waals surface area contributed by atoms with Crippen LogP contribution in [-0.4, -0.2) is 11.6 Å². The van der Waals surface area contributed by atoms with Crippen molar-refractivity contribution in [3.05, 3.63) is 29.3 Å². The molecule has 18 heavy (non-hydrogen) atoms. The Bertz CT molecular complexity index is 454. The van der Waals surface area contributed by atoms with Gasteiger partial charge in [-0.25, -0.2) is 0 Å². The van der Waals surface area contributed by atoms with Crippen molar-refractivity contribution < 1.29 is 4.74 Å². The average Bonchev–Trinajstić information content (AvgIpc) is 2.36. The van der Waals surface area contributed by atoms with Crippen LogP contribution in [0.4, 0.5) is 0 Å². The summed E-state index contributed by atoms with van der Waals surface area (Å²) in [6, 6.07) is 6.42. The molecule has 0 radical (unpaired) electrons. The quantitative estimate of drug-likeness (QED) is 0.847. The molecule has 0 spiro atoms. The Morgan fingerprint density at radius 3 is 2.61 bits per heavy atom. The summed E-state index contributed by atoms with van der Waals surface area (Å²) in [5.74, 6) is 0.931. The van der Waals surface area contributed by atoms with Crippen LogP contribution in [0.1, 0.15) is 37.8 Å². The predicted molar refractivity (Wildman–Crippen MR) is 79.1 cm³/mol. The van der Waals surface area contributed by atoms with Crippen LogP contribution in [0, 0.1) is 5.41 Å². The van der Waals surface area contributed by atoms with Gasteiger partial charge in [0.25, 0.3) is 0 Å². The lowest BCUT2D eigenvalue weighted by Crippen LogP contribution is -2.35. The van der Waals surface area contributed by atoms with Gasteiger partial charge in [0.05, 0.1) is 11.6 Å². The molecule has 0 unspecified atom stereocenters. The van der Waals surface area contributed by atoms with Crippen LogP contribution in [0.5, 0.6) is 5.75 Å². The van der Waals surface area contributed by atoms with E-state index in [9.17, 15) is 0 Å². The van der Waals surface area contributed by atoms with E-state index in [1.165, 1.54) is 36.8 Å². The van der Waals surface area contributed by atoms with E-state index in [2.05, 4.69) is 18.2 Å². The van der Waals surface area contributed by atoms with Gasteiger partial charge in [-0.15, -0.1) is 0 Å². The number of aryl methyl sites for hydroxylation is 2. The number of rotatable bonds is 4. The maximum Gasteiger partial charge on any atom is 0.119 e. The van der Waals surface area contributed by atoms with Crippen molar-refractivity contribution >= 4 is 17.2 Å². The van der Waals surface area contributed by atoms with E-state index in [1.807, 2.05) is 13.8 Å². The monoisotopic (exact) mass is 263 g/mol. The molecule has 0 aliphatic heterocycles. The van der Waals surface area contributed by atoms with Crippen molar-refractivity contribution in [1.29, 1.82) is 0 Å². The Hall–Kier alpha value is -1.09. The highest BCUT2D eigenvalue weighted by atomic mass is 32.1. The van der Waals surface area contributed by atoms with Crippen LogP contribution in [0.25, 0.3) is 0 Å². The first-order valence-electron chi connectivity index (χ1n) is 6.53. The molecule has 2 N–H and O–H groups in total. The predicted octanol–water partition coefficient (Wildman–Crippen LogP) is 3.26. The molecule has 1 aliphatic rings. The maximum absolute atomic E-state index is 5.83. The molecule has 2 nitrogen and oxygen atoms in total. The number of hydrogen-bond acceptors (Lipinski definition) is 2. The van der Waals surface area contributed by atoms with Crippen molar-refractivity contribution in [2.45, 2.75) is 39.5 Å². The third-order valence-electron chi connectivity index (χ3n) is 3.59. The van der Waals surface area contributed by atoms with Gasteiger partial charge < -0.3 is 10.5 Å². The van der Waals surface area contributed by atoms with Crippen molar-refractivity contribution in [2.24, 2.45) is 11.1 Å². The number of benzene rings is 1. The molecule has 2 rings (SSSR count). The minimum atomic E-state index is -0.259. The van der Waals surface area contributed by atoms with Gasteiger partial charge in [0.1, 0.15) is 5.75 Å². The SMILES string of the molecule is CC(C)(COc1ccc2c(c1)CCCC2)C(N)=S. The molecule has 0 saturated carbocycles. The Balaban J connectivity index is 2.04. The van der Waals surface area contributed by atoms with Gasteiger partial charge in [-0.3, -0.25) is 0 Å². The lowest BCUT2D eigenvalue weighted by molar-refractivity contribution is 0.236. The highest BCUT2D eigenvalue weighted by Crippen LogP contribution is 2.26. The summed E-state index contributed by atoms with van der Waals surface area (Å²) in [6.07, 6.45) is 4.97. The first-order chi connectivity index (χ1) is 8.49. The molecular weight excluding hydrogens is 242 g/mol. The molecule has 0 aromatic heterocycles. The second-order valence-corrected chi connectivity index (χ2v) is 6.11. The molecule has 1 aromatic rings. The molecule has 1 aromatic carbocycles. The summed E-state index contributed by atoms with van der Waals surface area (Å²) in [5, 5.41) is 0. The minimum absolute atomic E-state index is 0.259. The van der Waals surface area contributed by atoms with Crippen LogP contribution in [0.2, 0.25) is 0 Å². The number of ether oxygens (including phenoxy) is 1. The van der Waals surface area contributed by atoms with E-state index in [0.29, 0.717) is 11.6 Å². The molecule has 0 bridgehead atoms. The van der Waals surface area contributed by atoms with E-state index in [0.717, 1.165) is 5.75 Å². The van der Waals surface area contributed by atoms with Crippen molar-refractivity contribution in [3.63, 3.8) is 0 Å². The zero-order chi connectivity index (χ0) is 13.2. The van der Waals surface area contributed by atoms with Crippen LogP contribution in [0.3, 0.4) is 0 Å². The van der Waals surface area contributed by atoms with Crippen molar-refractivity contribution in [2.75, 3.05) is 6.61 Å². The molecule has 0 fully saturated rings. The van der Waals surface area contributed by atoms with Crippen molar-refractivity contribution in [1.82, 2.24) is 0 Å². The highest BCUT2D eigenvalue weighted by Gasteiger charge is 2.22. The van der Waals surface area contributed by atoms with E-state index >= 15 is 0 Å². The third kappa shape index (κ3) is 3.02. The van der Waals surface area contributed by atoms with E-state index in [4.69, 9.17) is 22.7 Å². The Morgan fingerprint density at radius 1 is 1.28 bits per heavy atom. The minimum Gasteiger partial charge on any atom is -0.493 e. The third-order valence-corrected chi connectivity index (χ3v) is 4.14. The van der Waals surface area contributed by atoms with Gasteiger partial charge in [0.2, 0.25) is 0 Å². The van der Waals surface area contributed by atoms with Gasteiger partial charge in [-0.2, -0.15) is 0 Å². The number of nitrogens with two attached hydrogens (primary N) is 1. The van der Waals surface area contributed by atoms with Crippen LogP contribution >= 0.6 is 12.2 Å². The Morgan fingerprint density at radius 2 is 1.94 bits per heavy atom. The summed E-state index contributed by atoms with van der Waals surface area (Å²) in [6.45, 7) is 4.54. The van der Waals surface area contributed by atoms with E-state index in [1.54, 1.807) is 0 Å². The zero-order valence-corrected chi connectivity index (χ0v) is 12.0. The van der Waals surface area contributed by atoms with Gasteiger partial charge in [-0.1, -0.05) is 32.1 Å². The summed E-state index contributed by atoms with van der Waals surface area (Å²) in [7, 11) is 0. The first-order valence-corrected chi connectivity index (χ1v) is 6.94. The van der Waals surface area contributed by atoms with E-state index < -0.39 is 0 Å². The molecule has 0 saturated heterocycles. The van der Waals surface area contributed by atoms with E-state index in [-0.39, 0.29) is 5.41 Å². The van der Waals surface area contributed by atoms with Gasteiger partial charge in [0, 0.05) is 5.41 Å². The zero-order valence-electron chi connectivity index (χ0n) is 11.2. The summed E-state index contributed by atoms with van der Waals surface area (Å²) < 4.78 is 5.83. The standard InChI is InChI=1S/C15H21NOS/c1-15(2,14(16)18)10-17-13-8-7-11-5-3-4-6-12(11)9-13/h7-9H,3-6,10H2,1-2H3,(H2,16,18). The first kappa shape index (κ1) is 13.3. The molecule has 3 heteroatoms. The smallest absolute Gasteiger partial charge is 0.119 e. The summed E-state index contributed by atoms with van der Waals surface area (Å²) in [5.41, 5.74) is 8.35. The number of hydrogen-bond donors (Lipinski definition) is 1.